The molecule has 0 fully saturated rings. The van der Waals surface area contributed by atoms with Gasteiger partial charge in [0.2, 0.25) is 0 Å². The van der Waals surface area contributed by atoms with E-state index in [9.17, 15) is 0 Å². The van der Waals surface area contributed by atoms with Gasteiger partial charge in [-0.15, -0.1) is 0 Å². The minimum atomic E-state index is -4.04. The first-order valence-corrected chi connectivity index (χ1v) is 8.95. The van der Waals surface area contributed by atoms with Gasteiger partial charge < -0.3 is 13.4 Å². The van der Waals surface area contributed by atoms with Crippen LogP contribution in [0.15, 0.2) is 75.6 Å². The fourth-order valence-electron chi connectivity index (χ4n) is 3.56. The van der Waals surface area contributed by atoms with Crippen LogP contribution in [0.25, 0.3) is 11.1 Å². The minimum Gasteiger partial charge on any atom is -0.388 e. The van der Waals surface area contributed by atoms with Gasteiger partial charge in [0.25, 0.3) is 0 Å². The number of hydrazone groups is 1. The molecule has 1 aliphatic carbocycles. The first-order valence-electron chi connectivity index (χ1n) is 7.87. The van der Waals surface area contributed by atoms with Gasteiger partial charge in [0, 0.05) is 3.58 Å². The maximum absolute atomic E-state index is 15.3. The molecule has 2 aromatic rings. The van der Waals surface area contributed by atoms with Crippen LogP contribution in [-0.4, -0.2) is 27.9 Å². The fourth-order valence-corrected chi connectivity index (χ4v) is 4.04. The predicted molar refractivity (Wildman–Crippen MR) is 104 cm³/mol. The molecule has 122 valence electrons. The molecule has 0 amide bonds. The summed E-state index contributed by atoms with van der Waals surface area (Å²) in [4.78, 5) is 0.984. The molecule has 0 spiro atoms. The second kappa shape index (κ2) is 5.11. The largest absolute Gasteiger partial charge is 0.762 e. The molecule has 0 aromatic heterocycles. The Hall–Kier alpha value is -2.29. The quantitative estimate of drug-likeness (QED) is 0.372. The molecule has 3 nitrogen and oxygen atoms in total. The maximum atomic E-state index is 15.3. The van der Waals surface area contributed by atoms with Crippen LogP contribution in [-0.2, 0) is 0 Å². The van der Waals surface area contributed by atoms with Crippen LogP contribution < -0.4 is 0 Å². The third kappa shape index (κ3) is 2.02. The third-order valence-corrected chi connectivity index (χ3v) is 5.28. The molecule has 2 aliphatic heterocycles. The lowest BCUT2D eigenvalue weighted by molar-refractivity contribution is -0.424. The van der Waals surface area contributed by atoms with Crippen molar-refractivity contribution in [3.8, 4) is 11.1 Å². The zero-order valence-corrected chi connectivity index (χ0v) is 15.1. The molecule has 3 aliphatic rings. The summed E-state index contributed by atoms with van der Waals surface area (Å²) in [6.45, 7) is -4.04. The van der Waals surface area contributed by atoms with Crippen molar-refractivity contribution in [2.45, 2.75) is 0 Å². The Bertz CT molecular complexity index is 1010. The van der Waals surface area contributed by atoms with Gasteiger partial charge in [-0.05, 0) is 69.3 Å². The van der Waals surface area contributed by atoms with Crippen molar-refractivity contribution in [2.75, 3.05) is 0 Å². The number of halogens is 3. The van der Waals surface area contributed by atoms with E-state index in [1.807, 2.05) is 71.1 Å². The van der Waals surface area contributed by atoms with E-state index in [2.05, 4.69) is 5.10 Å². The molecule has 7 heteroatoms. The lowest BCUT2D eigenvalue weighted by atomic mass is 9.93. The van der Waals surface area contributed by atoms with Crippen LogP contribution in [0.4, 0.5) is 8.63 Å². The summed E-state index contributed by atoms with van der Waals surface area (Å²) in [5, 5.41) is 4.26. The van der Waals surface area contributed by atoms with Gasteiger partial charge >= 0.3 is 6.97 Å². The van der Waals surface area contributed by atoms with Crippen molar-refractivity contribution < 1.29 is 13.2 Å². The molecule has 5 rings (SSSR count). The van der Waals surface area contributed by atoms with Crippen LogP contribution in [0.3, 0.4) is 0 Å². The van der Waals surface area contributed by atoms with Gasteiger partial charge in [-0.25, -0.2) is 4.60 Å². The van der Waals surface area contributed by atoms with Crippen LogP contribution in [0.5, 0.6) is 0 Å². The molecule has 2 aromatic carbocycles. The minimum absolute atomic E-state index is 0.264. The van der Waals surface area contributed by atoms with Gasteiger partial charge in [-0.3, -0.25) is 0 Å². The van der Waals surface area contributed by atoms with Gasteiger partial charge in [-0.2, -0.15) is 0 Å². The second-order valence-electron chi connectivity index (χ2n) is 6.09. The highest BCUT2D eigenvalue weighted by atomic mass is 127. The van der Waals surface area contributed by atoms with Crippen molar-refractivity contribution in [3.63, 3.8) is 0 Å². The molecule has 0 bridgehead atoms. The molecule has 2 heterocycles. The Labute approximate surface area is 156 Å². The molecular weight excluding hydrogens is 434 g/mol. The standard InChI is InChI=1S/C18H11BF2IN3/c20-19(21)24-11-12(22)9-10-17(24)23-25(19)18-15-7-3-1-5-13(15)14-6-2-4-8-16(14)18/h1-11H. The Morgan fingerprint density at radius 2 is 1.44 bits per heavy atom. The average molecular weight is 445 g/mol. The number of rotatable bonds is 0. The van der Waals surface area contributed by atoms with E-state index in [1.54, 1.807) is 12.2 Å². The number of nitrogens with zero attached hydrogens (tertiary/aromatic N) is 3. The van der Waals surface area contributed by atoms with Crippen LogP contribution in [0, 0.1) is 0 Å². The molecular formula is C18H11BF2IN3. The van der Waals surface area contributed by atoms with Gasteiger partial charge in [0.1, 0.15) is 0 Å². The van der Waals surface area contributed by atoms with E-state index in [0.29, 0.717) is 5.71 Å². The van der Waals surface area contributed by atoms with Gasteiger partial charge in [0.05, 0.1) is 11.1 Å². The lowest BCUT2D eigenvalue weighted by Gasteiger charge is -2.25. The van der Waals surface area contributed by atoms with Crippen molar-refractivity contribution in [3.05, 3.63) is 81.6 Å². The number of allylic oxidation sites excluding steroid dienone is 2. The molecule has 0 radical (unpaired) electrons. The Balaban J connectivity index is 1.84. The first kappa shape index (κ1) is 15.0. The van der Waals surface area contributed by atoms with Crippen molar-refractivity contribution in [1.82, 2.24) is 4.81 Å². The normalized spacial score (nSPS) is 19.4. The smallest absolute Gasteiger partial charge is 0.388 e. The molecule has 0 saturated carbocycles. The summed E-state index contributed by atoms with van der Waals surface area (Å²) in [7, 11) is 0. The highest BCUT2D eigenvalue weighted by Gasteiger charge is 2.58. The Kier molecular flexibility index (Phi) is 3.07. The Morgan fingerprint density at radius 1 is 0.880 bits per heavy atom. The topological polar surface area (TPSA) is 18.6 Å². The van der Waals surface area contributed by atoms with Gasteiger partial charge in [0.15, 0.2) is 11.5 Å². The Morgan fingerprint density at radius 3 is 2.04 bits per heavy atom. The average Bonchev–Trinajstić information content (AvgIpc) is 3.07. The molecule has 0 unspecified atom stereocenters. The van der Waals surface area contributed by atoms with E-state index in [0.717, 1.165) is 35.2 Å². The first-order chi connectivity index (χ1) is 12.1. The van der Waals surface area contributed by atoms with Crippen LogP contribution in [0.1, 0.15) is 11.1 Å². The van der Waals surface area contributed by atoms with E-state index in [4.69, 9.17) is 0 Å². The fraction of sp³-hybridized carbons (Fsp3) is 0. The van der Waals surface area contributed by atoms with Crippen LogP contribution >= 0.6 is 22.6 Å². The van der Waals surface area contributed by atoms with Crippen LogP contribution in [0.2, 0.25) is 0 Å². The number of fused-ring (bicyclic) bond motifs is 4. The van der Waals surface area contributed by atoms with E-state index in [-0.39, 0.29) is 5.84 Å². The highest BCUT2D eigenvalue weighted by Crippen LogP contribution is 2.39. The van der Waals surface area contributed by atoms with Gasteiger partial charge in [-0.1, -0.05) is 36.4 Å². The van der Waals surface area contributed by atoms with E-state index in [1.165, 1.54) is 6.20 Å². The zero-order chi connectivity index (χ0) is 17.2. The second-order valence-corrected chi connectivity index (χ2v) is 7.33. The zero-order valence-electron chi connectivity index (χ0n) is 12.9. The number of benzene rings is 2. The highest BCUT2D eigenvalue weighted by molar-refractivity contribution is 14.1. The lowest BCUT2D eigenvalue weighted by Crippen LogP contribution is -2.50. The summed E-state index contributed by atoms with van der Waals surface area (Å²) in [6, 6.07) is 15.3. The van der Waals surface area contributed by atoms with E-state index >= 15 is 8.63 Å². The SMILES string of the molecule is F[B-]1(F)N2C=C(I)C=CC2=N[N+]1=C1c2ccccc2-c2ccccc21. The van der Waals surface area contributed by atoms with Crippen molar-refractivity contribution in [1.29, 1.82) is 0 Å². The number of amidine groups is 1. The third-order valence-electron chi connectivity index (χ3n) is 4.64. The molecule has 25 heavy (non-hydrogen) atoms. The predicted octanol–water partition coefficient (Wildman–Crippen LogP) is 4.37. The summed E-state index contributed by atoms with van der Waals surface area (Å²) in [5.74, 6) is 0.264. The summed E-state index contributed by atoms with van der Waals surface area (Å²) >= 11 is 2.03. The molecule has 0 atom stereocenters. The maximum Gasteiger partial charge on any atom is 0.762 e. The van der Waals surface area contributed by atoms with Crippen molar-refractivity contribution >= 4 is 41.1 Å². The summed E-state index contributed by atoms with van der Waals surface area (Å²) in [6.07, 6.45) is 4.87. The van der Waals surface area contributed by atoms with Crippen molar-refractivity contribution in [2.24, 2.45) is 5.10 Å². The molecule has 0 N–H and O–H groups in total. The summed E-state index contributed by atoms with van der Waals surface area (Å²) in [5.41, 5.74) is 3.97. The summed E-state index contributed by atoms with van der Waals surface area (Å²) < 4.78 is 32.2. The monoisotopic (exact) mass is 445 g/mol. The van der Waals surface area contributed by atoms with E-state index < -0.39 is 6.97 Å². The number of hydrogen-bond donors (Lipinski definition) is 0. The number of hydrogen-bond acceptors (Lipinski definition) is 2. The molecule has 0 saturated heterocycles.